The van der Waals surface area contributed by atoms with E-state index in [-0.39, 0.29) is 5.41 Å². The van der Waals surface area contributed by atoms with Crippen molar-refractivity contribution in [1.29, 1.82) is 0 Å². The van der Waals surface area contributed by atoms with Gasteiger partial charge >= 0.3 is 0 Å². The van der Waals surface area contributed by atoms with Crippen molar-refractivity contribution in [3.8, 4) is 0 Å². The van der Waals surface area contributed by atoms with Crippen LogP contribution in [-0.2, 0) is 11.2 Å². The molecule has 2 heteroatoms. The van der Waals surface area contributed by atoms with Gasteiger partial charge in [-0.15, -0.1) is 0 Å². The fourth-order valence-electron chi connectivity index (χ4n) is 3.37. The van der Waals surface area contributed by atoms with Gasteiger partial charge in [0.05, 0.1) is 0 Å². The van der Waals surface area contributed by atoms with E-state index < -0.39 is 0 Å². The Bertz CT molecular complexity index is 463. The third kappa shape index (κ3) is 1.92. The lowest BCUT2D eigenvalue weighted by Crippen LogP contribution is -2.27. The van der Waals surface area contributed by atoms with E-state index in [2.05, 4.69) is 11.1 Å². The van der Waals surface area contributed by atoms with Gasteiger partial charge in [-0.1, -0.05) is 18.1 Å². The summed E-state index contributed by atoms with van der Waals surface area (Å²) in [6, 6.07) is 4.10. The first-order chi connectivity index (χ1) is 8.28. The van der Waals surface area contributed by atoms with Gasteiger partial charge in [-0.25, -0.2) is 0 Å². The van der Waals surface area contributed by atoms with Gasteiger partial charge in [0.2, 0.25) is 0 Å². The summed E-state index contributed by atoms with van der Waals surface area (Å²) in [6.07, 6.45) is 12.1. The Balaban J connectivity index is 1.89. The molecule has 88 valence electrons. The van der Waals surface area contributed by atoms with Crippen LogP contribution in [0.3, 0.4) is 0 Å². The van der Waals surface area contributed by atoms with Gasteiger partial charge in [0.1, 0.15) is 0 Å². The van der Waals surface area contributed by atoms with Gasteiger partial charge in [0, 0.05) is 24.2 Å². The molecule has 0 radical (unpaired) electrons. The summed E-state index contributed by atoms with van der Waals surface area (Å²) >= 11 is 0. The molecule has 1 heterocycles. The smallest absolute Gasteiger partial charge is 0.156 e. The zero-order chi connectivity index (χ0) is 11.7. The molecule has 0 saturated heterocycles. The Hall–Kier alpha value is -1.44. The van der Waals surface area contributed by atoms with Crippen molar-refractivity contribution in [3.63, 3.8) is 0 Å². The van der Waals surface area contributed by atoms with Crippen molar-refractivity contribution in [2.45, 2.75) is 38.5 Å². The zero-order valence-corrected chi connectivity index (χ0v) is 9.98. The number of fused-ring (bicyclic) bond motifs is 1. The molecule has 1 saturated carbocycles. The van der Waals surface area contributed by atoms with Crippen molar-refractivity contribution in [1.82, 2.24) is 4.98 Å². The molecule has 1 fully saturated rings. The average Bonchev–Trinajstić information content (AvgIpc) is 2.66. The van der Waals surface area contributed by atoms with Gasteiger partial charge in [-0.2, -0.15) is 0 Å². The van der Waals surface area contributed by atoms with E-state index in [1.165, 1.54) is 30.4 Å². The second kappa shape index (κ2) is 4.10. The lowest BCUT2D eigenvalue weighted by Gasteiger charge is -2.36. The number of allylic oxidation sites excluding steroid dienone is 2. The molecule has 17 heavy (non-hydrogen) atoms. The Morgan fingerprint density at radius 1 is 1.35 bits per heavy atom. The van der Waals surface area contributed by atoms with Crippen LogP contribution in [0.15, 0.2) is 36.2 Å². The zero-order valence-electron chi connectivity index (χ0n) is 9.98. The highest BCUT2D eigenvalue weighted by atomic mass is 16.1. The topological polar surface area (TPSA) is 30.0 Å². The lowest BCUT2D eigenvalue weighted by molar-refractivity contribution is -0.115. The molecule has 0 N–H and O–H groups in total. The maximum Gasteiger partial charge on any atom is 0.156 e. The van der Waals surface area contributed by atoms with Crippen LogP contribution in [0.1, 0.15) is 37.7 Å². The summed E-state index contributed by atoms with van der Waals surface area (Å²) in [6.45, 7) is 0. The summed E-state index contributed by atoms with van der Waals surface area (Å²) in [5.74, 6) is 0.325. The number of pyridine rings is 1. The van der Waals surface area contributed by atoms with Crippen LogP contribution in [0.2, 0.25) is 0 Å². The van der Waals surface area contributed by atoms with E-state index in [0.717, 1.165) is 19.3 Å². The minimum absolute atomic E-state index is 0.137. The minimum atomic E-state index is 0.137. The van der Waals surface area contributed by atoms with Crippen LogP contribution in [0.25, 0.3) is 0 Å². The number of hydrogen-bond donors (Lipinski definition) is 0. The standard InChI is InChI=1S/C15H17NO/c17-14-8-13-5-1-2-6-15(13,10-14)9-12-4-3-7-16-11-12/h3-4,7-8,11H,1-2,5-6,9-10H2/t15-/m0/s1. The molecular weight excluding hydrogens is 210 g/mol. The van der Waals surface area contributed by atoms with E-state index in [4.69, 9.17) is 0 Å². The van der Waals surface area contributed by atoms with Crippen molar-refractivity contribution in [2.24, 2.45) is 5.41 Å². The molecule has 1 atom stereocenters. The lowest BCUT2D eigenvalue weighted by atomic mass is 9.68. The number of carbonyl (C=O) groups excluding carboxylic acids is 1. The second-order valence-corrected chi connectivity index (χ2v) is 5.34. The van der Waals surface area contributed by atoms with Gasteiger partial charge < -0.3 is 0 Å². The predicted molar refractivity (Wildman–Crippen MR) is 66.5 cm³/mol. The Morgan fingerprint density at radius 3 is 3.12 bits per heavy atom. The van der Waals surface area contributed by atoms with Crippen LogP contribution in [0, 0.1) is 5.41 Å². The molecule has 1 aromatic heterocycles. The molecule has 0 amide bonds. The van der Waals surface area contributed by atoms with Crippen LogP contribution in [-0.4, -0.2) is 10.8 Å². The van der Waals surface area contributed by atoms with Crippen LogP contribution < -0.4 is 0 Å². The first kappa shape index (κ1) is 10.7. The van der Waals surface area contributed by atoms with E-state index >= 15 is 0 Å². The summed E-state index contributed by atoms with van der Waals surface area (Å²) in [5.41, 5.74) is 2.80. The number of nitrogens with zero attached hydrogens (tertiary/aromatic N) is 1. The molecule has 0 aliphatic heterocycles. The van der Waals surface area contributed by atoms with Crippen LogP contribution >= 0.6 is 0 Å². The van der Waals surface area contributed by atoms with Crippen molar-refractivity contribution in [2.75, 3.05) is 0 Å². The van der Waals surface area contributed by atoms with Gasteiger partial charge in [0.15, 0.2) is 5.78 Å². The predicted octanol–water partition coefficient (Wildman–Crippen LogP) is 3.08. The first-order valence-corrected chi connectivity index (χ1v) is 6.41. The average molecular weight is 227 g/mol. The molecule has 2 nitrogen and oxygen atoms in total. The molecule has 3 rings (SSSR count). The van der Waals surface area contributed by atoms with Crippen molar-refractivity contribution >= 4 is 5.78 Å². The fraction of sp³-hybridized carbons (Fsp3) is 0.467. The quantitative estimate of drug-likeness (QED) is 0.777. The largest absolute Gasteiger partial charge is 0.295 e. The van der Waals surface area contributed by atoms with Gasteiger partial charge in [-0.05, 0) is 43.4 Å². The molecule has 2 aliphatic carbocycles. The molecule has 0 unspecified atom stereocenters. The van der Waals surface area contributed by atoms with E-state index in [1.807, 2.05) is 18.3 Å². The molecule has 0 aromatic carbocycles. The third-order valence-corrected chi connectivity index (χ3v) is 4.15. The molecule has 2 aliphatic rings. The maximum atomic E-state index is 11.7. The van der Waals surface area contributed by atoms with E-state index in [9.17, 15) is 4.79 Å². The van der Waals surface area contributed by atoms with Gasteiger partial charge in [-0.3, -0.25) is 9.78 Å². The molecule has 1 aromatic rings. The summed E-state index contributed by atoms with van der Waals surface area (Å²) in [5, 5.41) is 0. The summed E-state index contributed by atoms with van der Waals surface area (Å²) in [4.78, 5) is 15.9. The number of rotatable bonds is 2. The maximum absolute atomic E-state index is 11.7. The van der Waals surface area contributed by atoms with E-state index in [0.29, 0.717) is 5.78 Å². The number of hydrogen-bond acceptors (Lipinski definition) is 2. The fourth-order valence-corrected chi connectivity index (χ4v) is 3.37. The monoisotopic (exact) mass is 227 g/mol. The number of ketones is 1. The van der Waals surface area contributed by atoms with E-state index in [1.54, 1.807) is 6.20 Å². The second-order valence-electron chi connectivity index (χ2n) is 5.34. The normalized spacial score (nSPS) is 27.8. The Kier molecular flexibility index (Phi) is 2.58. The third-order valence-electron chi connectivity index (χ3n) is 4.15. The number of carbonyl (C=O) groups is 1. The summed E-state index contributed by atoms with van der Waals surface area (Å²) < 4.78 is 0. The van der Waals surface area contributed by atoms with Crippen molar-refractivity contribution < 1.29 is 4.79 Å². The molecular formula is C15H17NO. The molecule has 0 bridgehead atoms. The SMILES string of the molecule is O=C1C=C2CCCC[C@]2(Cc2cccnc2)C1. The van der Waals surface area contributed by atoms with Crippen molar-refractivity contribution in [3.05, 3.63) is 41.7 Å². The minimum Gasteiger partial charge on any atom is -0.295 e. The highest BCUT2D eigenvalue weighted by Crippen LogP contribution is 2.49. The Morgan fingerprint density at radius 2 is 2.29 bits per heavy atom. The molecule has 0 spiro atoms. The first-order valence-electron chi connectivity index (χ1n) is 6.41. The Labute approximate surface area is 102 Å². The van der Waals surface area contributed by atoms with Gasteiger partial charge in [0.25, 0.3) is 0 Å². The number of aromatic nitrogens is 1. The van der Waals surface area contributed by atoms with Crippen LogP contribution in [0.5, 0.6) is 0 Å². The van der Waals surface area contributed by atoms with Crippen LogP contribution in [0.4, 0.5) is 0 Å². The summed E-state index contributed by atoms with van der Waals surface area (Å²) in [7, 11) is 0. The highest BCUT2D eigenvalue weighted by Gasteiger charge is 2.41. The highest BCUT2D eigenvalue weighted by molar-refractivity contribution is 5.94.